The molecule has 2 aromatic rings. The van der Waals surface area contributed by atoms with Gasteiger partial charge < -0.3 is 0 Å². The molecule has 1 saturated heterocycles. The van der Waals surface area contributed by atoms with Crippen LogP contribution >= 0.6 is 23.2 Å². The van der Waals surface area contributed by atoms with E-state index in [1.165, 1.54) is 25.5 Å². The van der Waals surface area contributed by atoms with Crippen LogP contribution in [0.4, 0.5) is 0 Å². The minimum atomic E-state index is -3.25. The van der Waals surface area contributed by atoms with Crippen molar-refractivity contribution >= 4 is 33.2 Å². The second-order valence-electron chi connectivity index (χ2n) is 9.45. The molecule has 3 aliphatic rings. The number of halogens is 2. The zero-order valence-electron chi connectivity index (χ0n) is 17.6. The first-order valence-electron chi connectivity index (χ1n) is 11.0. The Balaban J connectivity index is 1.39. The molecule has 3 atom stereocenters. The monoisotopic (exact) mass is 478 g/mol. The summed E-state index contributed by atoms with van der Waals surface area (Å²) in [5.74, 6) is 1.25. The summed E-state index contributed by atoms with van der Waals surface area (Å²) >= 11 is 12.2. The summed E-state index contributed by atoms with van der Waals surface area (Å²) in [5, 5.41) is 1.42. The minimum Gasteiger partial charge on any atom is -0.289 e. The lowest BCUT2D eigenvalue weighted by Crippen LogP contribution is -2.64. The van der Waals surface area contributed by atoms with Crippen molar-refractivity contribution in [3.05, 3.63) is 69.7 Å². The Labute approximate surface area is 195 Å². The Bertz CT molecular complexity index is 991. The van der Waals surface area contributed by atoms with Gasteiger partial charge in [0.15, 0.2) is 0 Å². The van der Waals surface area contributed by atoms with Gasteiger partial charge >= 0.3 is 0 Å². The summed E-state index contributed by atoms with van der Waals surface area (Å²) in [6, 6.07) is 16.1. The second kappa shape index (κ2) is 8.35. The fourth-order valence-corrected chi connectivity index (χ4v) is 7.75. The molecule has 3 fully saturated rings. The largest absolute Gasteiger partial charge is 0.289 e. The van der Waals surface area contributed by atoms with Gasteiger partial charge in [-0.1, -0.05) is 53.9 Å². The van der Waals surface area contributed by atoms with E-state index in [1.807, 2.05) is 28.6 Å². The van der Waals surface area contributed by atoms with Gasteiger partial charge in [0.25, 0.3) is 0 Å². The van der Waals surface area contributed by atoms with Crippen LogP contribution in [-0.2, 0) is 10.0 Å². The minimum absolute atomic E-state index is 0.0430. The summed E-state index contributed by atoms with van der Waals surface area (Å²) < 4.78 is 27.5. The average Bonchev–Trinajstić information content (AvgIpc) is 3.31. The molecule has 0 N–H and O–H groups in total. The van der Waals surface area contributed by atoms with Gasteiger partial charge in [0.1, 0.15) is 0 Å². The third kappa shape index (κ3) is 4.28. The standard InChI is InChI=1S/C24H28Cl2N2O2S/c1-31(29,30)28(23-13-16-2-3-19(23)12-16)22-14-27(15-22)24(17-4-8-20(25)9-5-17)18-6-10-21(26)11-7-18/h4-11,16,19,22-24H,2-3,12-15H2,1H3/t16-,19+,23+/m0/s1. The van der Waals surface area contributed by atoms with Crippen molar-refractivity contribution in [1.82, 2.24) is 9.21 Å². The van der Waals surface area contributed by atoms with Gasteiger partial charge in [-0.3, -0.25) is 4.90 Å². The van der Waals surface area contributed by atoms with Crippen LogP contribution in [-0.4, -0.2) is 49.1 Å². The highest BCUT2D eigenvalue weighted by molar-refractivity contribution is 7.88. The van der Waals surface area contributed by atoms with Crippen molar-refractivity contribution < 1.29 is 8.42 Å². The lowest BCUT2D eigenvalue weighted by Gasteiger charge is -2.50. The molecule has 0 radical (unpaired) electrons. The van der Waals surface area contributed by atoms with Crippen molar-refractivity contribution in [2.75, 3.05) is 19.3 Å². The van der Waals surface area contributed by atoms with E-state index in [4.69, 9.17) is 23.2 Å². The molecule has 2 aliphatic carbocycles. The van der Waals surface area contributed by atoms with E-state index >= 15 is 0 Å². The molecule has 2 saturated carbocycles. The van der Waals surface area contributed by atoms with Gasteiger partial charge in [0.2, 0.25) is 10.0 Å². The van der Waals surface area contributed by atoms with Crippen LogP contribution in [0, 0.1) is 11.8 Å². The Morgan fingerprint density at radius 1 is 0.903 bits per heavy atom. The topological polar surface area (TPSA) is 40.6 Å². The van der Waals surface area contributed by atoms with E-state index in [9.17, 15) is 8.42 Å². The van der Waals surface area contributed by atoms with Gasteiger partial charge in [-0.25, -0.2) is 8.42 Å². The summed E-state index contributed by atoms with van der Waals surface area (Å²) in [4.78, 5) is 2.36. The maximum atomic E-state index is 12.8. The third-order valence-electron chi connectivity index (χ3n) is 7.40. The molecule has 1 heterocycles. The molecule has 1 aliphatic heterocycles. The van der Waals surface area contributed by atoms with E-state index in [0.717, 1.165) is 30.6 Å². The molecule has 0 unspecified atom stereocenters. The summed E-state index contributed by atoms with van der Waals surface area (Å²) in [5.41, 5.74) is 2.30. The predicted octanol–water partition coefficient (Wildman–Crippen LogP) is 5.22. The number of rotatable bonds is 6. The Kier molecular flexibility index (Phi) is 5.85. The molecule has 5 rings (SSSR count). The zero-order chi connectivity index (χ0) is 21.8. The van der Waals surface area contributed by atoms with Crippen LogP contribution in [0.3, 0.4) is 0 Å². The second-order valence-corrected chi connectivity index (χ2v) is 12.2. The van der Waals surface area contributed by atoms with Crippen LogP contribution in [0.1, 0.15) is 42.9 Å². The lowest BCUT2D eigenvalue weighted by atomic mass is 9.91. The zero-order valence-corrected chi connectivity index (χ0v) is 20.0. The van der Waals surface area contributed by atoms with Crippen molar-refractivity contribution in [2.24, 2.45) is 11.8 Å². The smallest absolute Gasteiger partial charge is 0.211 e. The van der Waals surface area contributed by atoms with E-state index in [2.05, 4.69) is 29.2 Å². The van der Waals surface area contributed by atoms with Gasteiger partial charge in [-0.05, 0) is 66.5 Å². The molecule has 31 heavy (non-hydrogen) atoms. The lowest BCUT2D eigenvalue weighted by molar-refractivity contribution is 0.0277. The fraction of sp³-hybridized carbons (Fsp3) is 0.500. The number of hydrogen-bond acceptors (Lipinski definition) is 3. The van der Waals surface area contributed by atoms with Crippen molar-refractivity contribution in [3.63, 3.8) is 0 Å². The van der Waals surface area contributed by atoms with E-state index in [-0.39, 0.29) is 18.1 Å². The first kappa shape index (κ1) is 21.7. The number of hydrogen-bond donors (Lipinski definition) is 0. The molecule has 166 valence electrons. The molecular weight excluding hydrogens is 451 g/mol. The summed E-state index contributed by atoms with van der Waals surface area (Å²) in [6.07, 6.45) is 6.07. The Morgan fingerprint density at radius 2 is 1.45 bits per heavy atom. The number of nitrogens with zero attached hydrogens (tertiary/aromatic N) is 2. The van der Waals surface area contributed by atoms with Gasteiger partial charge in [-0.15, -0.1) is 0 Å². The first-order valence-corrected chi connectivity index (χ1v) is 13.6. The maximum Gasteiger partial charge on any atom is 0.211 e. The van der Waals surface area contributed by atoms with E-state index in [0.29, 0.717) is 21.9 Å². The maximum absolute atomic E-state index is 12.8. The first-order chi connectivity index (χ1) is 14.8. The molecule has 2 bridgehead atoms. The summed E-state index contributed by atoms with van der Waals surface area (Å²) in [6.45, 7) is 1.47. The number of likely N-dealkylation sites (tertiary alicyclic amines) is 1. The highest BCUT2D eigenvalue weighted by atomic mass is 35.5. The molecule has 0 spiro atoms. The number of sulfonamides is 1. The molecule has 2 aromatic carbocycles. The van der Waals surface area contributed by atoms with Crippen LogP contribution in [0.5, 0.6) is 0 Å². The third-order valence-corrected chi connectivity index (χ3v) is 9.24. The highest BCUT2D eigenvalue weighted by Crippen LogP contribution is 2.48. The Hall–Kier alpha value is -1.11. The van der Waals surface area contributed by atoms with Gasteiger partial charge in [0.05, 0.1) is 18.3 Å². The van der Waals surface area contributed by atoms with Crippen LogP contribution in [0.2, 0.25) is 10.0 Å². The SMILES string of the molecule is CS(=O)(=O)N(C1CN(C(c2ccc(Cl)cc2)c2ccc(Cl)cc2)C1)[C@@H]1C[C@H]2CC[C@@H]1C2. The molecule has 4 nitrogen and oxygen atoms in total. The molecule has 7 heteroatoms. The van der Waals surface area contributed by atoms with Crippen molar-refractivity contribution in [3.8, 4) is 0 Å². The highest BCUT2D eigenvalue weighted by Gasteiger charge is 2.50. The van der Waals surface area contributed by atoms with E-state index in [1.54, 1.807) is 0 Å². The number of benzene rings is 2. The quantitative estimate of drug-likeness (QED) is 0.571. The van der Waals surface area contributed by atoms with Crippen molar-refractivity contribution in [1.29, 1.82) is 0 Å². The molecular formula is C24H28Cl2N2O2S. The average molecular weight is 479 g/mol. The van der Waals surface area contributed by atoms with Gasteiger partial charge in [0, 0.05) is 29.2 Å². The van der Waals surface area contributed by atoms with E-state index < -0.39 is 10.0 Å². The van der Waals surface area contributed by atoms with Gasteiger partial charge in [-0.2, -0.15) is 4.31 Å². The normalized spacial score (nSPS) is 26.7. The van der Waals surface area contributed by atoms with Crippen LogP contribution in [0.15, 0.2) is 48.5 Å². The Morgan fingerprint density at radius 3 is 1.87 bits per heavy atom. The van der Waals surface area contributed by atoms with Crippen LogP contribution in [0.25, 0.3) is 0 Å². The predicted molar refractivity (Wildman–Crippen MR) is 126 cm³/mol. The molecule has 0 aromatic heterocycles. The summed E-state index contributed by atoms with van der Waals surface area (Å²) in [7, 11) is -3.25. The van der Waals surface area contributed by atoms with Crippen LogP contribution < -0.4 is 0 Å². The van der Waals surface area contributed by atoms with Crippen molar-refractivity contribution in [2.45, 2.75) is 43.8 Å². The molecule has 0 amide bonds. The fourth-order valence-electron chi connectivity index (χ4n) is 6.07. The number of fused-ring (bicyclic) bond motifs is 2.